The lowest BCUT2D eigenvalue weighted by atomic mass is 9.91. The smallest absolute Gasteiger partial charge is 0.410 e. The van der Waals surface area contributed by atoms with Crippen LogP contribution in [0.2, 0.25) is 10.0 Å². The number of rotatable bonds is 11. The average molecular weight is 698 g/mol. The number of nitrogens with zero attached hydrogens (tertiary/aromatic N) is 2. The number of halogens is 2. The van der Waals surface area contributed by atoms with Crippen molar-refractivity contribution in [3.8, 4) is 23.0 Å². The van der Waals surface area contributed by atoms with Crippen LogP contribution in [0.4, 0.5) is 4.79 Å². The standard InChI is InChI=1S/C37H42Cl2N2O7/c1-37(2,3)48-36(43)40-15-14-29(31(21-40)35(42)41(25-10-11-25)20-24-8-7-9-32(38)34(24)39)30-19-26(12-13-33(30)46-6)47-22-23-16-27(44-4)18-28(17-23)45-5/h7-9,12-13,16-19,25H,10-11,14-15,20-22H2,1-6H3. The number of carbonyl (C=O) groups excluding carboxylic acids is 2. The van der Waals surface area contributed by atoms with Crippen LogP contribution in [0.1, 0.15) is 56.7 Å². The molecule has 0 unspecified atom stereocenters. The van der Waals surface area contributed by atoms with Gasteiger partial charge >= 0.3 is 6.09 Å². The summed E-state index contributed by atoms with van der Waals surface area (Å²) in [5, 5.41) is 0.853. The minimum Gasteiger partial charge on any atom is -0.497 e. The van der Waals surface area contributed by atoms with Crippen LogP contribution in [0.3, 0.4) is 0 Å². The van der Waals surface area contributed by atoms with Crippen molar-refractivity contribution < 1.29 is 33.3 Å². The second-order valence-corrected chi connectivity index (χ2v) is 13.6. The van der Waals surface area contributed by atoms with Gasteiger partial charge in [-0.2, -0.15) is 0 Å². The molecule has 1 heterocycles. The molecule has 11 heteroatoms. The second kappa shape index (κ2) is 15.0. The summed E-state index contributed by atoms with van der Waals surface area (Å²) < 4.78 is 28.6. The van der Waals surface area contributed by atoms with Crippen LogP contribution in [-0.4, -0.2) is 67.9 Å². The molecule has 0 saturated heterocycles. The minimum absolute atomic E-state index is 0.0506. The molecule has 1 aliphatic heterocycles. The van der Waals surface area contributed by atoms with Crippen molar-refractivity contribution in [2.24, 2.45) is 0 Å². The monoisotopic (exact) mass is 696 g/mol. The number of hydrogen-bond acceptors (Lipinski definition) is 7. The fourth-order valence-corrected chi connectivity index (χ4v) is 6.03. The van der Waals surface area contributed by atoms with Crippen LogP contribution in [0.15, 0.2) is 60.2 Å². The van der Waals surface area contributed by atoms with E-state index in [1.54, 1.807) is 38.4 Å². The molecular weight excluding hydrogens is 655 g/mol. The third-order valence-electron chi connectivity index (χ3n) is 8.19. The molecular formula is C37H42Cl2N2O7. The van der Waals surface area contributed by atoms with E-state index in [4.69, 9.17) is 46.9 Å². The molecule has 0 atom stereocenters. The summed E-state index contributed by atoms with van der Waals surface area (Å²) in [5.74, 6) is 2.33. The van der Waals surface area contributed by atoms with Gasteiger partial charge < -0.3 is 33.5 Å². The van der Waals surface area contributed by atoms with Crippen LogP contribution < -0.4 is 18.9 Å². The molecule has 9 nitrogen and oxygen atoms in total. The van der Waals surface area contributed by atoms with E-state index in [0.717, 1.165) is 35.1 Å². The fourth-order valence-electron chi connectivity index (χ4n) is 5.65. The maximum absolute atomic E-state index is 14.7. The molecule has 48 heavy (non-hydrogen) atoms. The summed E-state index contributed by atoms with van der Waals surface area (Å²) in [6.07, 6.45) is 1.69. The van der Waals surface area contributed by atoms with Crippen LogP contribution >= 0.6 is 23.2 Å². The van der Waals surface area contributed by atoms with Gasteiger partial charge in [0.05, 0.1) is 37.9 Å². The van der Waals surface area contributed by atoms with Gasteiger partial charge in [0.15, 0.2) is 0 Å². The van der Waals surface area contributed by atoms with Crippen molar-refractivity contribution in [2.75, 3.05) is 34.4 Å². The van der Waals surface area contributed by atoms with Gasteiger partial charge in [0, 0.05) is 36.3 Å². The third-order valence-corrected chi connectivity index (χ3v) is 9.05. The Morgan fingerprint density at radius 3 is 2.25 bits per heavy atom. The average Bonchev–Trinajstić information content (AvgIpc) is 3.92. The number of hydrogen-bond donors (Lipinski definition) is 0. The fraction of sp³-hybridized carbons (Fsp3) is 0.405. The van der Waals surface area contributed by atoms with Crippen LogP contribution in [0.5, 0.6) is 23.0 Å². The van der Waals surface area contributed by atoms with Crippen molar-refractivity contribution in [1.29, 1.82) is 0 Å². The first-order valence-corrected chi connectivity index (χ1v) is 16.6. The van der Waals surface area contributed by atoms with Crippen molar-refractivity contribution in [3.63, 3.8) is 0 Å². The van der Waals surface area contributed by atoms with E-state index in [2.05, 4.69) is 0 Å². The summed E-state index contributed by atoms with van der Waals surface area (Å²) in [4.78, 5) is 31.3. The zero-order valence-corrected chi connectivity index (χ0v) is 29.7. The lowest BCUT2D eigenvalue weighted by Crippen LogP contribution is -2.44. The Labute approximate surface area is 292 Å². The zero-order valence-electron chi connectivity index (χ0n) is 28.2. The van der Waals surface area contributed by atoms with Crippen LogP contribution in [0.25, 0.3) is 5.57 Å². The highest BCUT2D eigenvalue weighted by molar-refractivity contribution is 6.42. The molecule has 3 aromatic rings. The molecule has 0 N–H and O–H groups in total. The summed E-state index contributed by atoms with van der Waals surface area (Å²) in [5.41, 5.74) is 2.94. The Hall–Kier alpha value is -4.08. The Morgan fingerprint density at radius 2 is 1.62 bits per heavy atom. The molecule has 1 saturated carbocycles. The molecule has 2 amide bonds. The van der Waals surface area contributed by atoms with Gasteiger partial charge in [-0.05, 0) is 93.1 Å². The summed E-state index contributed by atoms with van der Waals surface area (Å²) in [6, 6.07) is 16.6. The zero-order chi connectivity index (χ0) is 34.6. The molecule has 256 valence electrons. The first kappa shape index (κ1) is 35.2. The first-order chi connectivity index (χ1) is 22.9. The van der Waals surface area contributed by atoms with Gasteiger partial charge in [-0.25, -0.2) is 4.79 Å². The highest BCUT2D eigenvalue weighted by Crippen LogP contribution is 2.40. The largest absolute Gasteiger partial charge is 0.497 e. The topological polar surface area (TPSA) is 86.8 Å². The summed E-state index contributed by atoms with van der Waals surface area (Å²) in [7, 11) is 4.80. The molecule has 1 fully saturated rings. The van der Waals surface area contributed by atoms with E-state index in [-0.39, 0.29) is 31.6 Å². The Kier molecular flexibility index (Phi) is 11.0. The molecule has 0 aromatic heterocycles. The Bertz CT molecular complexity index is 1680. The van der Waals surface area contributed by atoms with Crippen molar-refractivity contribution >= 4 is 40.8 Å². The molecule has 1 aliphatic carbocycles. The summed E-state index contributed by atoms with van der Waals surface area (Å²) in [6.45, 7) is 6.45. The number of carbonyl (C=O) groups is 2. The van der Waals surface area contributed by atoms with Gasteiger partial charge in [0.1, 0.15) is 35.2 Å². The van der Waals surface area contributed by atoms with Gasteiger partial charge in [-0.15, -0.1) is 0 Å². The van der Waals surface area contributed by atoms with Crippen LogP contribution in [0, 0.1) is 0 Å². The lowest BCUT2D eigenvalue weighted by Gasteiger charge is -2.34. The molecule has 2 aliphatic rings. The molecule has 0 bridgehead atoms. The number of methoxy groups -OCH3 is 3. The lowest BCUT2D eigenvalue weighted by molar-refractivity contribution is -0.128. The quantitative estimate of drug-likeness (QED) is 0.200. The number of ether oxygens (including phenoxy) is 5. The van der Waals surface area contributed by atoms with Gasteiger partial charge in [-0.1, -0.05) is 35.3 Å². The maximum Gasteiger partial charge on any atom is 0.410 e. The van der Waals surface area contributed by atoms with Crippen molar-refractivity contribution in [1.82, 2.24) is 9.80 Å². The molecule has 5 rings (SSSR count). The van der Waals surface area contributed by atoms with E-state index in [0.29, 0.717) is 51.6 Å². The van der Waals surface area contributed by atoms with E-state index < -0.39 is 11.7 Å². The van der Waals surface area contributed by atoms with Gasteiger partial charge in [0.25, 0.3) is 5.91 Å². The number of benzene rings is 3. The molecule has 3 aromatic carbocycles. The van der Waals surface area contributed by atoms with Gasteiger partial charge in [-0.3, -0.25) is 4.79 Å². The minimum atomic E-state index is -0.684. The van der Waals surface area contributed by atoms with E-state index >= 15 is 0 Å². The third kappa shape index (κ3) is 8.49. The number of amides is 2. The molecule has 0 spiro atoms. The molecule has 0 radical (unpaired) electrons. The van der Waals surface area contributed by atoms with E-state index in [1.165, 1.54) is 0 Å². The van der Waals surface area contributed by atoms with Crippen LogP contribution in [-0.2, 0) is 22.7 Å². The van der Waals surface area contributed by atoms with Crippen molar-refractivity contribution in [3.05, 3.63) is 86.9 Å². The highest BCUT2D eigenvalue weighted by Gasteiger charge is 2.38. The first-order valence-electron chi connectivity index (χ1n) is 15.9. The highest BCUT2D eigenvalue weighted by atomic mass is 35.5. The van der Waals surface area contributed by atoms with Crippen molar-refractivity contribution in [2.45, 2.75) is 64.8 Å². The Balaban J connectivity index is 1.52. The summed E-state index contributed by atoms with van der Waals surface area (Å²) >= 11 is 12.9. The van der Waals surface area contributed by atoms with E-state index in [1.807, 2.05) is 68.1 Å². The second-order valence-electron chi connectivity index (χ2n) is 12.9. The predicted molar refractivity (Wildman–Crippen MR) is 186 cm³/mol. The van der Waals surface area contributed by atoms with E-state index in [9.17, 15) is 9.59 Å². The van der Waals surface area contributed by atoms with Gasteiger partial charge in [0.2, 0.25) is 0 Å². The normalized spacial score (nSPS) is 14.8. The maximum atomic E-state index is 14.7. The SMILES string of the molecule is COc1cc(COc2ccc(OC)c(C3=C(C(=O)N(Cc4cccc(Cl)c4Cl)C4CC4)CN(C(=O)OC(C)(C)C)CC3)c2)cc(OC)c1. The predicted octanol–water partition coefficient (Wildman–Crippen LogP) is 8.18. The Morgan fingerprint density at radius 1 is 0.917 bits per heavy atom.